The number of likely N-dealkylation sites (tertiary alicyclic amines) is 1. The standard InChI is InChI=1S/C56H67ClN6O6S/c1-39-52(70-38-59-39)44-21-19-40(20-22-44)36-58-54(67)48-35-45(64)37-63(48)55(68)53(56(2,3)4)60-49(65)17-11-12-18-50(66)62-31-29-61(30-32-62)33-34-69-46-25-23-43(24-26-46)51(42-15-9-6-10-16-42)47(27-28-57)41-13-7-5-8-14-41/h5-10,13-16,19-26,38,45,48,53,64H,11-12,17-18,27-37H2,1-4H3,(H,58,67)(H,60,65)/b51-47-/t45?,48?,53-/m1/s1. The first-order valence-electron chi connectivity index (χ1n) is 24.5. The summed E-state index contributed by atoms with van der Waals surface area (Å²) < 4.78 is 6.20. The number of carbonyl (C=O) groups is 4. The van der Waals surface area contributed by atoms with E-state index in [0.29, 0.717) is 44.8 Å². The van der Waals surface area contributed by atoms with Gasteiger partial charge in [0.25, 0.3) is 0 Å². The zero-order valence-electron chi connectivity index (χ0n) is 40.9. The molecular weight excluding hydrogens is 920 g/mol. The molecule has 0 radical (unpaired) electrons. The minimum atomic E-state index is -0.914. The maximum absolute atomic E-state index is 14.1. The molecule has 3 atom stereocenters. The highest BCUT2D eigenvalue weighted by molar-refractivity contribution is 7.13. The van der Waals surface area contributed by atoms with Crippen LogP contribution in [-0.4, -0.2) is 118 Å². The second-order valence-electron chi connectivity index (χ2n) is 19.3. The number of rotatable bonds is 20. The number of aliphatic hydroxyl groups excluding tert-OH is 1. The number of aryl methyl sites for hydroxylation is 1. The second-order valence-corrected chi connectivity index (χ2v) is 20.5. The van der Waals surface area contributed by atoms with E-state index in [1.54, 1.807) is 11.3 Å². The molecule has 3 heterocycles. The molecule has 4 aromatic carbocycles. The highest BCUT2D eigenvalue weighted by atomic mass is 35.5. The Morgan fingerprint density at radius 1 is 0.829 bits per heavy atom. The van der Waals surface area contributed by atoms with Crippen molar-refractivity contribution in [2.45, 2.75) is 91.0 Å². The summed E-state index contributed by atoms with van der Waals surface area (Å²) in [6.45, 7) is 11.9. The summed E-state index contributed by atoms with van der Waals surface area (Å²) in [4.78, 5) is 65.1. The Kier molecular flexibility index (Phi) is 18.4. The van der Waals surface area contributed by atoms with Crippen molar-refractivity contribution in [1.82, 2.24) is 30.3 Å². The van der Waals surface area contributed by atoms with Crippen LogP contribution in [0.15, 0.2) is 115 Å². The molecule has 0 saturated carbocycles. The number of nitrogens with zero attached hydrogens (tertiary/aromatic N) is 4. The molecule has 2 fully saturated rings. The number of ether oxygens (including phenoxy) is 1. The number of β-amino-alcohol motifs (C(OH)–C–C–N with tert-alkyl or cyclic N) is 1. The molecule has 70 heavy (non-hydrogen) atoms. The number of benzene rings is 4. The van der Waals surface area contributed by atoms with Gasteiger partial charge in [0.05, 0.1) is 22.2 Å². The van der Waals surface area contributed by atoms with Gasteiger partial charge in [0.15, 0.2) is 0 Å². The van der Waals surface area contributed by atoms with Crippen LogP contribution in [0, 0.1) is 12.3 Å². The number of carbonyl (C=O) groups excluding carboxylic acids is 4. The highest BCUT2D eigenvalue weighted by Crippen LogP contribution is 2.36. The minimum absolute atomic E-state index is 0.00269. The van der Waals surface area contributed by atoms with Crippen LogP contribution in [0.1, 0.15) is 87.2 Å². The molecular formula is C56H67ClN6O6S. The Morgan fingerprint density at radius 3 is 2.10 bits per heavy atom. The molecule has 7 rings (SSSR count). The van der Waals surface area contributed by atoms with Crippen LogP contribution < -0.4 is 15.4 Å². The predicted octanol–water partition coefficient (Wildman–Crippen LogP) is 8.60. The molecule has 0 bridgehead atoms. The summed E-state index contributed by atoms with van der Waals surface area (Å²) in [7, 11) is 0. The smallest absolute Gasteiger partial charge is 0.246 e. The first-order valence-corrected chi connectivity index (χ1v) is 25.9. The lowest BCUT2D eigenvalue weighted by molar-refractivity contribution is -0.144. The van der Waals surface area contributed by atoms with Crippen LogP contribution >= 0.6 is 22.9 Å². The zero-order valence-corrected chi connectivity index (χ0v) is 42.4. The average molecular weight is 988 g/mol. The van der Waals surface area contributed by atoms with E-state index in [-0.39, 0.29) is 43.7 Å². The van der Waals surface area contributed by atoms with Crippen molar-refractivity contribution in [1.29, 1.82) is 0 Å². The Labute approximate surface area is 422 Å². The first kappa shape index (κ1) is 52.0. The lowest BCUT2D eigenvalue weighted by atomic mass is 9.85. The molecule has 2 unspecified atom stereocenters. The van der Waals surface area contributed by atoms with E-state index >= 15 is 0 Å². The quantitative estimate of drug-likeness (QED) is 0.0400. The van der Waals surface area contributed by atoms with Crippen molar-refractivity contribution in [3.8, 4) is 16.2 Å². The number of amides is 4. The Morgan fingerprint density at radius 2 is 1.47 bits per heavy atom. The Bertz CT molecular complexity index is 2540. The van der Waals surface area contributed by atoms with E-state index in [1.165, 1.54) is 10.5 Å². The fourth-order valence-electron chi connectivity index (χ4n) is 9.23. The van der Waals surface area contributed by atoms with E-state index in [0.717, 1.165) is 75.8 Å². The lowest BCUT2D eigenvalue weighted by Gasteiger charge is -2.35. The van der Waals surface area contributed by atoms with Crippen LogP contribution in [-0.2, 0) is 25.7 Å². The number of hydrogen-bond donors (Lipinski definition) is 3. The van der Waals surface area contributed by atoms with Gasteiger partial charge in [-0.3, -0.25) is 24.1 Å². The molecule has 2 aliphatic rings. The topological polar surface area (TPSA) is 144 Å². The normalized spacial score (nSPS) is 17.2. The summed E-state index contributed by atoms with van der Waals surface area (Å²) in [6.07, 6.45) is 1.52. The van der Waals surface area contributed by atoms with E-state index in [2.05, 4.69) is 81.2 Å². The predicted molar refractivity (Wildman–Crippen MR) is 279 cm³/mol. The zero-order chi connectivity index (χ0) is 49.6. The van der Waals surface area contributed by atoms with Crippen molar-refractivity contribution in [2.24, 2.45) is 5.41 Å². The minimum Gasteiger partial charge on any atom is -0.492 e. The Hall–Kier alpha value is -5.86. The SMILES string of the molecule is Cc1ncsc1-c1ccc(CNC(=O)C2CC(O)CN2C(=O)[C@@H](NC(=O)CCCCC(=O)N2CCN(CCOc3ccc(/C(=C(/CCCl)c4ccccc4)c4ccccc4)cc3)CC2)C(C)(C)C)cc1. The molecule has 1 aromatic heterocycles. The number of piperazine rings is 1. The van der Waals surface area contributed by atoms with Gasteiger partial charge in [-0.2, -0.15) is 0 Å². The molecule has 0 aliphatic carbocycles. The van der Waals surface area contributed by atoms with Crippen LogP contribution in [0.25, 0.3) is 21.6 Å². The molecule has 2 aliphatic heterocycles. The monoisotopic (exact) mass is 986 g/mol. The van der Waals surface area contributed by atoms with E-state index in [4.69, 9.17) is 16.3 Å². The van der Waals surface area contributed by atoms with Crippen molar-refractivity contribution in [3.05, 3.63) is 143 Å². The fraction of sp³-hybridized carbons (Fsp3) is 0.411. The van der Waals surface area contributed by atoms with Gasteiger partial charge in [-0.25, -0.2) is 4.98 Å². The van der Waals surface area contributed by atoms with Crippen LogP contribution in [0.5, 0.6) is 5.75 Å². The fourth-order valence-corrected chi connectivity index (χ4v) is 10.2. The van der Waals surface area contributed by atoms with Gasteiger partial charge in [0, 0.05) is 71.0 Å². The Balaban J connectivity index is 0.818. The number of thiazole rings is 1. The van der Waals surface area contributed by atoms with E-state index < -0.39 is 29.5 Å². The maximum atomic E-state index is 14.1. The maximum Gasteiger partial charge on any atom is 0.246 e. The largest absolute Gasteiger partial charge is 0.492 e. The van der Waals surface area contributed by atoms with E-state index in [1.807, 2.05) is 86.6 Å². The lowest BCUT2D eigenvalue weighted by Crippen LogP contribution is -2.57. The van der Waals surface area contributed by atoms with Gasteiger partial charge >= 0.3 is 0 Å². The van der Waals surface area contributed by atoms with Gasteiger partial charge in [-0.15, -0.1) is 22.9 Å². The number of unbranched alkanes of at least 4 members (excludes halogenated alkanes) is 1. The molecule has 0 spiro atoms. The summed E-state index contributed by atoms with van der Waals surface area (Å²) in [5.74, 6) is 0.339. The first-order chi connectivity index (χ1) is 33.8. The van der Waals surface area contributed by atoms with Crippen LogP contribution in [0.4, 0.5) is 0 Å². The third kappa shape index (κ3) is 13.9. The number of nitrogens with one attached hydrogen (secondary N) is 2. The van der Waals surface area contributed by atoms with Gasteiger partial charge in [0.1, 0.15) is 24.4 Å². The number of allylic oxidation sites excluding steroid dienone is 1. The van der Waals surface area contributed by atoms with Crippen molar-refractivity contribution in [2.75, 3.05) is 51.8 Å². The summed E-state index contributed by atoms with van der Waals surface area (Å²) in [5, 5.41) is 16.5. The van der Waals surface area contributed by atoms with Gasteiger partial charge in [-0.1, -0.05) is 118 Å². The van der Waals surface area contributed by atoms with Gasteiger partial charge in [-0.05, 0) is 82.7 Å². The summed E-state index contributed by atoms with van der Waals surface area (Å²) >= 11 is 7.92. The number of hydrogen-bond acceptors (Lipinski definition) is 9. The number of halogens is 1. The number of alkyl halides is 1. The van der Waals surface area contributed by atoms with Crippen LogP contribution in [0.2, 0.25) is 0 Å². The molecule has 5 aromatic rings. The van der Waals surface area contributed by atoms with E-state index in [9.17, 15) is 24.3 Å². The molecule has 14 heteroatoms. The van der Waals surface area contributed by atoms with Crippen LogP contribution in [0.3, 0.4) is 0 Å². The second kappa shape index (κ2) is 24.8. The molecule has 4 amide bonds. The van der Waals surface area contributed by atoms with Crippen molar-refractivity contribution < 1.29 is 29.0 Å². The average Bonchev–Trinajstić information content (AvgIpc) is 3.99. The van der Waals surface area contributed by atoms with Crippen molar-refractivity contribution in [3.63, 3.8) is 0 Å². The summed E-state index contributed by atoms with van der Waals surface area (Å²) in [6, 6.07) is 35.2. The third-order valence-electron chi connectivity index (χ3n) is 13.1. The highest BCUT2D eigenvalue weighted by Gasteiger charge is 2.44. The molecule has 370 valence electrons. The third-order valence-corrected chi connectivity index (χ3v) is 14.3. The molecule has 12 nitrogen and oxygen atoms in total. The van der Waals surface area contributed by atoms with Crippen molar-refractivity contribution >= 4 is 57.7 Å². The molecule has 3 N–H and O–H groups in total. The van der Waals surface area contributed by atoms with Gasteiger partial charge in [0.2, 0.25) is 23.6 Å². The molecule has 2 saturated heterocycles. The number of aliphatic hydroxyl groups is 1. The summed E-state index contributed by atoms with van der Waals surface area (Å²) in [5.41, 5.74) is 9.83. The van der Waals surface area contributed by atoms with Gasteiger partial charge < -0.3 is 30.3 Å². The number of aromatic nitrogens is 1.